The summed E-state index contributed by atoms with van der Waals surface area (Å²) in [5.74, 6) is 1.09. The van der Waals surface area contributed by atoms with E-state index in [-0.39, 0.29) is 6.61 Å². The predicted molar refractivity (Wildman–Crippen MR) is 69.8 cm³/mol. The SMILES string of the molecule is COc1c(N)nsc1N(CCO)C1CCCC1. The molecule has 6 heteroatoms. The summed E-state index contributed by atoms with van der Waals surface area (Å²) in [6, 6.07) is 0.482. The number of aliphatic hydroxyl groups excluding tert-OH is 1. The summed E-state index contributed by atoms with van der Waals surface area (Å²) in [5.41, 5.74) is 5.77. The van der Waals surface area contributed by atoms with Crippen LogP contribution in [0.25, 0.3) is 0 Å². The number of aliphatic hydroxyl groups is 1. The molecular formula is C11H19N3O2S. The fourth-order valence-corrected chi connectivity index (χ4v) is 3.32. The number of ether oxygens (including phenoxy) is 1. The molecule has 0 radical (unpaired) electrons. The highest BCUT2D eigenvalue weighted by Crippen LogP contribution is 2.41. The van der Waals surface area contributed by atoms with Crippen molar-refractivity contribution < 1.29 is 9.84 Å². The van der Waals surface area contributed by atoms with E-state index >= 15 is 0 Å². The quantitative estimate of drug-likeness (QED) is 0.836. The molecule has 1 aromatic rings. The Kier molecular flexibility index (Phi) is 4.06. The van der Waals surface area contributed by atoms with Gasteiger partial charge in [0.15, 0.2) is 16.6 Å². The lowest BCUT2D eigenvalue weighted by Crippen LogP contribution is -2.35. The molecular weight excluding hydrogens is 238 g/mol. The molecule has 0 aliphatic heterocycles. The highest BCUT2D eigenvalue weighted by Gasteiger charge is 2.27. The summed E-state index contributed by atoms with van der Waals surface area (Å²) in [6.07, 6.45) is 4.84. The van der Waals surface area contributed by atoms with Gasteiger partial charge in [0, 0.05) is 12.6 Å². The lowest BCUT2D eigenvalue weighted by molar-refractivity contribution is 0.297. The van der Waals surface area contributed by atoms with Gasteiger partial charge in [-0.1, -0.05) is 12.8 Å². The normalized spacial score (nSPS) is 16.4. The Hall–Kier alpha value is -1.01. The van der Waals surface area contributed by atoms with Gasteiger partial charge in [0.05, 0.1) is 13.7 Å². The molecule has 1 saturated carbocycles. The molecule has 0 aromatic carbocycles. The molecule has 0 amide bonds. The van der Waals surface area contributed by atoms with E-state index in [1.165, 1.54) is 37.2 Å². The van der Waals surface area contributed by atoms with E-state index in [0.29, 0.717) is 24.2 Å². The van der Waals surface area contributed by atoms with Crippen molar-refractivity contribution in [3.8, 4) is 5.75 Å². The average molecular weight is 257 g/mol. The van der Waals surface area contributed by atoms with Gasteiger partial charge in [0.1, 0.15) is 0 Å². The third kappa shape index (κ3) is 2.47. The Balaban J connectivity index is 2.24. The Bertz CT molecular complexity index is 364. The van der Waals surface area contributed by atoms with Crippen molar-refractivity contribution >= 4 is 22.4 Å². The number of rotatable bonds is 5. The minimum atomic E-state index is 0.136. The topological polar surface area (TPSA) is 71.6 Å². The van der Waals surface area contributed by atoms with E-state index in [0.717, 1.165) is 5.00 Å². The van der Waals surface area contributed by atoms with Crippen molar-refractivity contribution in [2.24, 2.45) is 0 Å². The van der Waals surface area contributed by atoms with Gasteiger partial charge >= 0.3 is 0 Å². The fraction of sp³-hybridized carbons (Fsp3) is 0.727. The molecule has 1 heterocycles. The number of methoxy groups -OCH3 is 1. The first-order chi connectivity index (χ1) is 8.27. The van der Waals surface area contributed by atoms with E-state index < -0.39 is 0 Å². The zero-order chi connectivity index (χ0) is 12.3. The van der Waals surface area contributed by atoms with Gasteiger partial charge in [-0.15, -0.1) is 0 Å². The van der Waals surface area contributed by atoms with Crippen LogP contribution in [0.1, 0.15) is 25.7 Å². The van der Waals surface area contributed by atoms with Gasteiger partial charge in [-0.25, -0.2) is 0 Å². The third-order valence-electron chi connectivity index (χ3n) is 3.23. The molecule has 1 aromatic heterocycles. The molecule has 2 rings (SSSR count). The summed E-state index contributed by atoms with van der Waals surface area (Å²) in [4.78, 5) is 2.19. The monoisotopic (exact) mass is 257 g/mol. The lowest BCUT2D eigenvalue weighted by atomic mass is 10.2. The summed E-state index contributed by atoms with van der Waals surface area (Å²) in [6.45, 7) is 0.750. The fourth-order valence-electron chi connectivity index (χ4n) is 2.43. The van der Waals surface area contributed by atoms with Crippen LogP contribution in [0.4, 0.5) is 10.8 Å². The Morgan fingerprint density at radius 1 is 1.53 bits per heavy atom. The van der Waals surface area contributed by atoms with Crippen molar-refractivity contribution in [3.05, 3.63) is 0 Å². The second-order valence-electron chi connectivity index (χ2n) is 4.26. The maximum Gasteiger partial charge on any atom is 0.197 e. The van der Waals surface area contributed by atoms with Crippen LogP contribution in [0.2, 0.25) is 0 Å². The van der Waals surface area contributed by atoms with Crippen LogP contribution in [0.15, 0.2) is 0 Å². The van der Waals surface area contributed by atoms with Crippen LogP contribution in [-0.4, -0.2) is 35.8 Å². The Labute approximate surface area is 105 Å². The van der Waals surface area contributed by atoms with Crippen molar-refractivity contribution in [3.63, 3.8) is 0 Å². The largest absolute Gasteiger partial charge is 0.490 e. The Morgan fingerprint density at radius 2 is 2.24 bits per heavy atom. The molecule has 0 bridgehead atoms. The number of nitrogen functional groups attached to an aromatic ring is 1. The second-order valence-corrected chi connectivity index (χ2v) is 5.01. The summed E-state index contributed by atoms with van der Waals surface area (Å²) >= 11 is 1.35. The van der Waals surface area contributed by atoms with E-state index in [2.05, 4.69) is 9.27 Å². The smallest absolute Gasteiger partial charge is 0.197 e. The average Bonchev–Trinajstić information content (AvgIpc) is 2.95. The molecule has 5 nitrogen and oxygen atoms in total. The van der Waals surface area contributed by atoms with Crippen LogP contribution in [0.3, 0.4) is 0 Å². The molecule has 1 fully saturated rings. The molecule has 0 unspecified atom stereocenters. The van der Waals surface area contributed by atoms with Crippen LogP contribution < -0.4 is 15.4 Å². The van der Waals surface area contributed by atoms with Crippen molar-refractivity contribution in [1.82, 2.24) is 4.37 Å². The lowest BCUT2D eigenvalue weighted by Gasteiger charge is -2.29. The first-order valence-corrected chi connectivity index (χ1v) is 6.72. The Morgan fingerprint density at radius 3 is 2.82 bits per heavy atom. The van der Waals surface area contributed by atoms with Gasteiger partial charge in [-0.3, -0.25) is 0 Å². The maximum absolute atomic E-state index is 9.20. The third-order valence-corrected chi connectivity index (χ3v) is 4.11. The number of anilines is 2. The number of hydrogen-bond acceptors (Lipinski definition) is 6. The summed E-state index contributed by atoms with van der Waals surface area (Å²) in [5, 5.41) is 10.1. The van der Waals surface area contributed by atoms with Crippen molar-refractivity contribution in [2.45, 2.75) is 31.7 Å². The second kappa shape index (κ2) is 5.55. The van der Waals surface area contributed by atoms with Crippen LogP contribution >= 0.6 is 11.5 Å². The molecule has 17 heavy (non-hydrogen) atoms. The highest BCUT2D eigenvalue weighted by molar-refractivity contribution is 7.11. The zero-order valence-electron chi connectivity index (χ0n) is 10.1. The van der Waals surface area contributed by atoms with Crippen LogP contribution in [0, 0.1) is 0 Å². The number of nitrogens with two attached hydrogens (primary N) is 1. The van der Waals surface area contributed by atoms with Gasteiger partial charge in [-0.2, -0.15) is 4.37 Å². The molecule has 3 N–H and O–H groups in total. The van der Waals surface area contributed by atoms with Crippen molar-refractivity contribution in [2.75, 3.05) is 30.9 Å². The predicted octanol–water partition coefficient (Wildman–Crippen LogP) is 1.48. The minimum absolute atomic E-state index is 0.136. The molecule has 0 spiro atoms. The maximum atomic E-state index is 9.20. The molecule has 0 saturated heterocycles. The first-order valence-electron chi connectivity index (χ1n) is 5.94. The van der Waals surface area contributed by atoms with E-state index in [9.17, 15) is 5.11 Å². The molecule has 0 atom stereocenters. The minimum Gasteiger partial charge on any atom is -0.490 e. The van der Waals surface area contributed by atoms with Gasteiger partial charge in [0.25, 0.3) is 0 Å². The summed E-state index contributed by atoms with van der Waals surface area (Å²) in [7, 11) is 1.61. The zero-order valence-corrected chi connectivity index (χ0v) is 10.9. The molecule has 96 valence electrons. The van der Waals surface area contributed by atoms with Crippen molar-refractivity contribution in [1.29, 1.82) is 0 Å². The van der Waals surface area contributed by atoms with Gasteiger partial charge in [-0.05, 0) is 24.4 Å². The number of hydrogen-bond donors (Lipinski definition) is 2. The molecule has 1 aliphatic rings. The number of nitrogens with zero attached hydrogens (tertiary/aromatic N) is 2. The van der Waals surface area contributed by atoms with Gasteiger partial charge < -0.3 is 20.5 Å². The van der Waals surface area contributed by atoms with E-state index in [4.69, 9.17) is 10.5 Å². The summed E-state index contributed by atoms with van der Waals surface area (Å²) < 4.78 is 9.44. The van der Waals surface area contributed by atoms with E-state index in [1.807, 2.05) is 0 Å². The van der Waals surface area contributed by atoms with Crippen LogP contribution in [-0.2, 0) is 0 Å². The highest BCUT2D eigenvalue weighted by atomic mass is 32.1. The van der Waals surface area contributed by atoms with E-state index in [1.54, 1.807) is 7.11 Å². The number of aromatic nitrogens is 1. The molecule has 1 aliphatic carbocycles. The van der Waals surface area contributed by atoms with Gasteiger partial charge in [0.2, 0.25) is 0 Å². The van der Waals surface area contributed by atoms with Crippen LogP contribution in [0.5, 0.6) is 5.75 Å². The first kappa shape index (κ1) is 12.4. The standard InChI is InChI=1S/C11H19N3O2S/c1-16-9-10(12)13-17-11(9)14(6-7-15)8-4-2-3-5-8/h8,15H,2-7H2,1H3,(H2,12,13).